The molecule has 0 saturated carbocycles. The van der Waals surface area contributed by atoms with E-state index in [1.807, 2.05) is 62.8 Å². The Kier molecular flexibility index (Phi) is 10.3. The second-order valence-corrected chi connectivity index (χ2v) is 8.84. The van der Waals surface area contributed by atoms with E-state index in [0.29, 0.717) is 23.3 Å². The number of rotatable bonds is 9. The average molecular weight is 528 g/mol. The first kappa shape index (κ1) is 26.8. The highest BCUT2D eigenvalue weighted by Gasteiger charge is 2.14. The van der Waals surface area contributed by atoms with Crippen molar-refractivity contribution in [3.63, 3.8) is 0 Å². The monoisotopic (exact) mass is 526 g/mol. The summed E-state index contributed by atoms with van der Waals surface area (Å²) in [4.78, 5) is 12.0. The summed E-state index contributed by atoms with van der Waals surface area (Å²) in [5.74, 6) is 1.91. The number of hydrogen-bond acceptors (Lipinski definition) is 10. The van der Waals surface area contributed by atoms with Crippen molar-refractivity contribution in [2.75, 3.05) is 26.0 Å². The molecule has 176 valence electrons. The molecule has 1 N–H and O–H groups in total. The van der Waals surface area contributed by atoms with Gasteiger partial charge >= 0.3 is 0 Å². The first-order valence-corrected chi connectivity index (χ1v) is 11.3. The van der Waals surface area contributed by atoms with Gasteiger partial charge in [-0.25, -0.2) is 14.6 Å². The van der Waals surface area contributed by atoms with E-state index in [9.17, 15) is 0 Å². The number of para-hydroxylation sites is 1. The van der Waals surface area contributed by atoms with Crippen molar-refractivity contribution in [1.82, 2.24) is 35.1 Å². The number of ether oxygens (including phenoxy) is 1. The summed E-state index contributed by atoms with van der Waals surface area (Å²) in [7, 11) is 4.04. The molecule has 4 aromatic rings. The lowest BCUT2D eigenvalue weighted by molar-refractivity contribution is 0.361. The summed E-state index contributed by atoms with van der Waals surface area (Å²) in [5, 5.41) is 18.8. The number of likely N-dealkylation sites (N-methyl/N-ethyl adjacent to an activating group) is 1. The minimum Gasteiger partial charge on any atom is -0.453 e. The van der Waals surface area contributed by atoms with Crippen LogP contribution in [0.1, 0.15) is 5.69 Å². The molecule has 33 heavy (non-hydrogen) atoms. The number of pyridine rings is 1. The third kappa shape index (κ3) is 7.54. The quantitative estimate of drug-likeness (QED) is 0.325. The van der Waals surface area contributed by atoms with Gasteiger partial charge in [0.25, 0.3) is 0 Å². The second kappa shape index (κ2) is 12.7. The maximum atomic E-state index is 6.13. The molecule has 0 aliphatic carbocycles. The first-order valence-electron chi connectivity index (χ1n) is 9.57. The highest BCUT2D eigenvalue weighted by atomic mass is 35.5. The Labute approximate surface area is 212 Å². The zero-order chi connectivity index (χ0) is 21.6. The topological polar surface area (TPSA) is 93.9 Å². The first-order chi connectivity index (χ1) is 15.1. The molecule has 0 bridgehead atoms. The number of aryl methyl sites for hydroxylation is 1. The molecule has 0 amide bonds. The van der Waals surface area contributed by atoms with Crippen molar-refractivity contribution < 1.29 is 4.74 Å². The number of tetrazole rings is 1. The Hall–Kier alpha value is -2.44. The number of nitrogens with zero attached hydrogens (tertiary/aromatic N) is 7. The highest BCUT2D eigenvalue weighted by molar-refractivity contribution is 7.99. The van der Waals surface area contributed by atoms with E-state index in [0.717, 1.165) is 28.0 Å². The van der Waals surface area contributed by atoms with Gasteiger partial charge < -0.3 is 15.0 Å². The van der Waals surface area contributed by atoms with E-state index >= 15 is 0 Å². The normalized spacial score (nSPS) is 10.4. The van der Waals surface area contributed by atoms with Crippen LogP contribution in [0.3, 0.4) is 0 Å². The van der Waals surface area contributed by atoms with Gasteiger partial charge in [0.2, 0.25) is 5.16 Å². The van der Waals surface area contributed by atoms with Crippen LogP contribution in [-0.2, 0) is 6.54 Å². The van der Waals surface area contributed by atoms with Crippen molar-refractivity contribution in [2.45, 2.75) is 23.5 Å². The van der Waals surface area contributed by atoms with Gasteiger partial charge in [-0.15, -0.1) is 41.2 Å². The molecule has 0 radical (unpaired) electrons. The summed E-state index contributed by atoms with van der Waals surface area (Å²) >= 11 is 2.96. The Morgan fingerprint density at radius 1 is 1.18 bits per heavy atom. The SMILES string of the molecule is Cc1csc(Nc2ncc(Sc3nnnn3CCN(C)C)cc2Oc2ccccc2)n1.Cl.Cl. The van der Waals surface area contributed by atoms with Crippen LogP contribution in [0.4, 0.5) is 10.9 Å². The standard InChI is InChI=1S/C20H22N8OS2.2ClH/c1-14-13-30-19(22-14)23-18-17(29-15-7-5-4-6-8-15)11-16(12-21-18)31-20-24-25-26-28(20)10-9-27(2)3;;/h4-8,11-13H,9-10H2,1-3H3,(H,21,22,23);2*1H. The van der Waals surface area contributed by atoms with Crippen molar-refractivity contribution in [2.24, 2.45) is 0 Å². The maximum Gasteiger partial charge on any atom is 0.214 e. The second-order valence-electron chi connectivity index (χ2n) is 6.94. The molecule has 4 rings (SSSR count). The van der Waals surface area contributed by atoms with Crippen LogP contribution in [-0.4, -0.2) is 55.7 Å². The molecular weight excluding hydrogens is 503 g/mol. The lowest BCUT2D eigenvalue weighted by Gasteiger charge is -2.13. The summed E-state index contributed by atoms with van der Waals surface area (Å²) in [6.07, 6.45) is 1.77. The molecule has 3 aromatic heterocycles. The molecular formula is C20H24Cl2N8OS2. The van der Waals surface area contributed by atoms with Crippen LogP contribution in [0.15, 0.2) is 58.0 Å². The summed E-state index contributed by atoms with van der Waals surface area (Å²) < 4.78 is 7.92. The Morgan fingerprint density at radius 3 is 2.67 bits per heavy atom. The molecule has 0 atom stereocenters. The third-order valence-electron chi connectivity index (χ3n) is 4.11. The highest BCUT2D eigenvalue weighted by Crippen LogP contribution is 2.35. The fourth-order valence-corrected chi connectivity index (χ4v) is 4.07. The van der Waals surface area contributed by atoms with Crippen LogP contribution in [0, 0.1) is 6.92 Å². The molecule has 1 aromatic carbocycles. The average Bonchev–Trinajstić information content (AvgIpc) is 3.37. The molecule has 0 spiro atoms. The minimum absolute atomic E-state index is 0. The van der Waals surface area contributed by atoms with Gasteiger partial charge in [-0.05, 0) is 55.3 Å². The Bertz CT molecular complexity index is 1140. The van der Waals surface area contributed by atoms with Crippen molar-refractivity contribution in [3.05, 3.63) is 53.7 Å². The van der Waals surface area contributed by atoms with Crippen molar-refractivity contribution in [3.8, 4) is 11.5 Å². The number of aromatic nitrogens is 6. The molecule has 0 aliphatic heterocycles. The summed E-state index contributed by atoms with van der Waals surface area (Å²) in [6, 6.07) is 11.5. The lowest BCUT2D eigenvalue weighted by atomic mass is 10.3. The minimum atomic E-state index is 0. The van der Waals surface area contributed by atoms with E-state index in [1.165, 1.54) is 23.1 Å². The predicted octanol–water partition coefficient (Wildman–Crippen LogP) is 4.93. The van der Waals surface area contributed by atoms with E-state index in [1.54, 1.807) is 10.9 Å². The van der Waals surface area contributed by atoms with Gasteiger partial charge in [-0.2, -0.15) is 0 Å². The fraction of sp³-hybridized carbons (Fsp3) is 0.250. The van der Waals surface area contributed by atoms with Gasteiger partial charge in [0.15, 0.2) is 16.7 Å². The van der Waals surface area contributed by atoms with E-state index < -0.39 is 0 Å². The number of hydrogen-bond donors (Lipinski definition) is 1. The Balaban J connectivity index is 0.00000193. The molecule has 0 aliphatic rings. The number of thiazole rings is 1. The summed E-state index contributed by atoms with van der Waals surface area (Å²) in [5.41, 5.74) is 0.953. The zero-order valence-electron chi connectivity index (χ0n) is 18.2. The summed E-state index contributed by atoms with van der Waals surface area (Å²) in [6.45, 7) is 3.50. The number of anilines is 2. The van der Waals surface area contributed by atoms with Gasteiger partial charge in [-0.3, -0.25) is 0 Å². The van der Waals surface area contributed by atoms with Gasteiger partial charge in [0, 0.05) is 29.1 Å². The smallest absolute Gasteiger partial charge is 0.214 e. The van der Waals surface area contributed by atoms with E-state index in [-0.39, 0.29) is 24.8 Å². The molecule has 0 fully saturated rings. The van der Waals surface area contributed by atoms with E-state index in [4.69, 9.17) is 4.74 Å². The maximum absolute atomic E-state index is 6.13. The van der Waals surface area contributed by atoms with Crippen molar-refractivity contribution in [1.29, 1.82) is 0 Å². The molecule has 9 nitrogen and oxygen atoms in total. The third-order valence-corrected chi connectivity index (χ3v) is 5.92. The van der Waals surface area contributed by atoms with Gasteiger partial charge in [0.05, 0.1) is 12.2 Å². The number of benzene rings is 1. The molecule has 0 saturated heterocycles. The van der Waals surface area contributed by atoms with E-state index in [2.05, 4.69) is 35.7 Å². The lowest BCUT2D eigenvalue weighted by Crippen LogP contribution is -2.19. The van der Waals surface area contributed by atoms with Crippen LogP contribution in [0.25, 0.3) is 0 Å². The van der Waals surface area contributed by atoms with Crippen LogP contribution in [0.2, 0.25) is 0 Å². The van der Waals surface area contributed by atoms with Crippen LogP contribution >= 0.6 is 47.9 Å². The Morgan fingerprint density at radius 2 is 1.97 bits per heavy atom. The predicted molar refractivity (Wildman–Crippen MR) is 136 cm³/mol. The largest absolute Gasteiger partial charge is 0.453 e. The van der Waals surface area contributed by atoms with Gasteiger partial charge in [-0.1, -0.05) is 18.2 Å². The fourth-order valence-electron chi connectivity index (χ4n) is 2.59. The van der Waals surface area contributed by atoms with Crippen LogP contribution in [0.5, 0.6) is 11.5 Å². The molecule has 13 heteroatoms. The van der Waals surface area contributed by atoms with Crippen LogP contribution < -0.4 is 10.1 Å². The number of nitrogens with one attached hydrogen (secondary N) is 1. The van der Waals surface area contributed by atoms with Gasteiger partial charge in [0.1, 0.15) is 5.75 Å². The zero-order valence-corrected chi connectivity index (χ0v) is 21.5. The molecule has 3 heterocycles. The number of halogens is 2. The molecule has 0 unspecified atom stereocenters. The van der Waals surface area contributed by atoms with Crippen molar-refractivity contribution >= 4 is 58.9 Å².